The van der Waals surface area contributed by atoms with Gasteiger partial charge in [0, 0.05) is 23.2 Å². The molecule has 0 radical (unpaired) electrons. The molecule has 0 fully saturated rings. The van der Waals surface area contributed by atoms with Crippen molar-refractivity contribution in [2.45, 2.75) is 5.88 Å². The van der Waals surface area contributed by atoms with Crippen molar-refractivity contribution < 1.29 is 0 Å². The molecule has 0 aliphatic heterocycles. The average molecular weight is 331 g/mol. The van der Waals surface area contributed by atoms with Crippen molar-refractivity contribution in [2.24, 2.45) is 0 Å². The van der Waals surface area contributed by atoms with Gasteiger partial charge in [-0.25, -0.2) is 4.98 Å². The van der Waals surface area contributed by atoms with E-state index in [2.05, 4.69) is 35.3 Å². The van der Waals surface area contributed by atoms with Crippen LogP contribution in [0.15, 0.2) is 79.0 Å². The van der Waals surface area contributed by atoms with Gasteiger partial charge in [0.05, 0.1) is 16.7 Å². The van der Waals surface area contributed by atoms with Crippen molar-refractivity contribution >= 4 is 22.6 Å². The molecule has 2 nitrogen and oxygen atoms in total. The molecule has 2 aromatic carbocycles. The Morgan fingerprint density at radius 3 is 2.29 bits per heavy atom. The Kier molecular flexibility index (Phi) is 3.97. The van der Waals surface area contributed by atoms with Crippen LogP contribution in [0, 0.1) is 0 Å². The lowest BCUT2D eigenvalue weighted by Crippen LogP contribution is -1.93. The van der Waals surface area contributed by atoms with Gasteiger partial charge in [-0.2, -0.15) is 0 Å². The van der Waals surface area contributed by atoms with Gasteiger partial charge in [-0.05, 0) is 29.3 Å². The lowest BCUT2D eigenvalue weighted by atomic mass is 9.98. The maximum absolute atomic E-state index is 5.91. The molecule has 0 unspecified atom stereocenters. The number of halogens is 1. The quantitative estimate of drug-likeness (QED) is 0.450. The van der Waals surface area contributed by atoms with E-state index in [1.807, 2.05) is 42.5 Å². The zero-order chi connectivity index (χ0) is 16.4. The number of nitrogens with zero attached hydrogens (tertiary/aromatic N) is 2. The lowest BCUT2D eigenvalue weighted by molar-refractivity contribution is 1.33. The van der Waals surface area contributed by atoms with Crippen LogP contribution >= 0.6 is 11.6 Å². The number of alkyl halides is 1. The largest absolute Gasteiger partial charge is 0.255 e. The second-order valence-electron chi connectivity index (χ2n) is 5.62. The van der Waals surface area contributed by atoms with Crippen LogP contribution in [-0.4, -0.2) is 9.97 Å². The molecule has 116 valence electrons. The Bertz CT molecular complexity index is 980. The fraction of sp³-hybridized carbons (Fsp3) is 0.0476. The van der Waals surface area contributed by atoms with Crippen LogP contribution in [0.1, 0.15) is 5.56 Å². The van der Waals surface area contributed by atoms with E-state index >= 15 is 0 Å². The van der Waals surface area contributed by atoms with Gasteiger partial charge in [0.2, 0.25) is 0 Å². The number of hydrogen-bond acceptors (Lipinski definition) is 2. The molecule has 4 aromatic rings. The summed E-state index contributed by atoms with van der Waals surface area (Å²) in [6, 6.07) is 24.6. The van der Waals surface area contributed by atoms with Gasteiger partial charge in [-0.15, -0.1) is 11.6 Å². The molecule has 0 N–H and O–H groups in total. The molecule has 0 bridgehead atoms. The van der Waals surface area contributed by atoms with E-state index in [0.29, 0.717) is 5.88 Å². The molecular formula is C21H15ClN2. The Hall–Kier alpha value is -2.71. The molecule has 0 aliphatic rings. The molecule has 2 aromatic heterocycles. The summed E-state index contributed by atoms with van der Waals surface area (Å²) in [5.41, 5.74) is 7.15. The molecule has 24 heavy (non-hydrogen) atoms. The molecule has 2 heterocycles. The first-order chi connectivity index (χ1) is 11.8. The van der Waals surface area contributed by atoms with Crippen molar-refractivity contribution in [3.8, 4) is 22.4 Å². The molecule has 0 atom stereocenters. The highest BCUT2D eigenvalue weighted by Gasteiger charge is 2.11. The predicted molar refractivity (Wildman–Crippen MR) is 100.0 cm³/mol. The second-order valence-corrected chi connectivity index (χ2v) is 5.89. The van der Waals surface area contributed by atoms with Crippen LogP contribution in [0.25, 0.3) is 33.4 Å². The maximum atomic E-state index is 5.91. The molecule has 3 heteroatoms. The summed E-state index contributed by atoms with van der Waals surface area (Å²) in [6.07, 6.45) is 1.80. The lowest BCUT2D eigenvalue weighted by Gasteiger charge is -2.11. The smallest absolute Gasteiger partial charge is 0.0894 e. The normalized spacial score (nSPS) is 10.9. The van der Waals surface area contributed by atoms with Crippen molar-refractivity contribution in [1.82, 2.24) is 9.97 Å². The van der Waals surface area contributed by atoms with Crippen LogP contribution in [0.2, 0.25) is 0 Å². The third kappa shape index (κ3) is 2.77. The third-order valence-corrected chi connectivity index (χ3v) is 4.36. The zero-order valence-corrected chi connectivity index (χ0v) is 13.7. The van der Waals surface area contributed by atoms with Gasteiger partial charge in [0.15, 0.2) is 0 Å². The van der Waals surface area contributed by atoms with Crippen LogP contribution in [0.4, 0.5) is 0 Å². The summed E-state index contributed by atoms with van der Waals surface area (Å²) in [5, 5.41) is 0. The van der Waals surface area contributed by atoms with Gasteiger partial charge >= 0.3 is 0 Å². The number of rotatable bonds is 3. The standard InChI is InChI=1S/C21H15ClN2/c22-14-15-8-10-17(11-9-15)21-18(16-5-2-1-3-6-16)13-20-19(24-21)7-4-12-23-20/h1-13H,14H2. The van der Waals surface area contributed by atoms with E-state index < -0.39 is 0 Å². The number of fused-ring (bicyclic) bond motifs is 1. The zero-order valence-electron chi connectivity index (χ0n) is 13.0. The van der Waals surface area contributed by atoms with E-state index in [1.54, 1.807) is 6.20 Å². The molecule has 0 aliphatic carbocycles. The Morgan fingerprint density at radius 2 is 1.54 bits per heavy atom. The molecule has 0 saturated heterocycles. The van der Waals surface area contributed by atoms with E-state index in [9.17, 15) is 0 Å². The Balaban J connectivity index is 1.97. The summed E-state index contributed by atoms with van der Waals surface area (Å²) in [7, 11) is 0. The summed E-state index contributed by atoms with van der Waals surface area (Å²) < 4.78 is 0. The van der Waals surface area contributed by atoms with E-state index in [1.165, 1.54) is 0 Å². The number of aromatic nitrogens is 2. The van der Waals surface area contributed by atoms with Gasteiger partial charge in [-0.1, -0.05) is 54.6 Å². The fourth-order valence-corrected chi connectivity index (χ4v) is 2.99. The van der Waals surface area contributed by atoms with Crippen LogP contribution in [0.3, 0.4) is 0 Å². The fourth-order valence-electron chi connectivity index (χ4n) is 2.81. The predicted octanol–water partition coefficient (Wildman–Crippen LogP) is 5.70. The maximum Gasteiger partial charge on any atom is 0.0894 e. The molecule has 0 saturated carbocycles. The highest BCUT2D eigenvalue weighted by Crippen LogP contribution is 2.33. The Morgan fingerprint density at radius 1 is 0.750 bits per heavy atom. The number of hydrogen-bond donors (Lipinski definition) is 0. The van der Waals surface area contributed by atoms with Crippen LogP contribution in [-0.2, 0) is 5.88 Å². The molecular weight excluding hydrogens is 316 g/mol. The van der Waals surface area contributed by atoms with E-state index in [4.69, 9.17) is 16.6 Å². The van der Waals surface area contributed by atoms with E-state index in [-0.39, 0.29) is 0 Å². The van der Waals surface area contributed by atoms with Gasteiger partial charge in [0.1, 0.15) is 0 Å². The molecule has 0 spiro atoms. The third-order valence-electron chi connectivity index (χ3n) is 4.05. The summed E-state index contributed by atoms with van der Waals surface area (Å²) in [5.74, 6) is 0.515. The first-order valence-electron chi connectivity index (χ1n) is 7.81. The minimum atomic E-state index is 0.515. The first kappa shape index (κ1) is 14.9. The second kappa shape index (κ2) is 6.42. The number of pyridine rings is 2. The minimum Gasteiger partial charge on any atom is -0.255 e. The highest BCUT2D eigenvalue weighted by molar-refractivity contribution is 6.17. The topological polar surface area (TPSA) is 25.8 Å². The molecule has 0 amide bonds. The summed E-state index contributed by atoms with van der Waals surface area (Å²) in [4.78, 5) is 9.33. The van der Waals surface area contributed by atoms with Crippen molar-refractivity contribution in [1.29, 1.82) is 0 Å². The first-order valence-corrected chi connectivity index (χ1v) is 8.35. The van der Waals surface area contributed by atoms with Crippen LogP contribution < -0.4 is 0 Å². The monoisotopic (exact) mass is 330 g/mol. The molecule has 4 rings (SSSR count). The highest BCUT2D eigenvalue weighted by atomic mass is 35.5. The van der Waals surface area contributed by atoms with Crippen molar-refractivity contribution in [3.63, 3.8) is 0 Å². The average Bonchev–Trinajstić information content (AvgIpc) is 2.68. The van der Waals surface area contributed by atoms with Crippen LogP contribution in [0.5, 0.6) is 0 Å². The van der Waals surface area contributed by atoms with Crippen molar-refractivity contribution in [2.75, 3.05) is 0 Å². The minimum absolute atomic E-state index is 0.515. The SMILES string of the molecule is ClCc1ccc(-c2nc3cccnc3cc2-c2ccccc2)cc1. The van der Waals surface area contributed by atoms with Gasteiger partial charge in [-0.3, -0.25) is 4.98 Å². The summed E-state index contributed by atoms with van der Waals surface area (Å²) >= 11 is 5.91. The van der Waals surface area contributed by atoms with Gasteiger partial charge < -0.3 is 0 Å². The number of benzene rings is 2. The van der Waals surface area contributed by atoms with E-state index in [0.717, 1.165) is 39.0 Å². The van der Waals surface area contributed by atoms with Crippen molar-refractivity contribution in [3.05, 3.63) is 84.6 Å². The Labute approximate surface area is 145 Å². The van der Waals surface area contributed by atoms with Gasteiger partial charge in [0.25, 0.3) is 0 Å². The summed E-state index contributed by atoms with van der Waals surface area (Å²) in [6.45, 7) is 0.